The van der Waals surface area contributed by atoms with Crippen LogP contribution in [0.1, 0.15) is 30.2 Å². The number of thiophene rings is 1. The Kier molecular flexibility index (Phi) is 5.15. The van der Waals surface area contributed by atoms with Crippen molar-refractivity contribution in [2.24, 2.45) is 0 Å². The molecule has 4 aromatic rings. The monoisotopic (exact) mass is 409 g/mol. The van der Waals surface area contributed by atoms with E-state index in [0.29, 0.717) is 16.9 Å². The Morgan fingerprint density at radius 2 is 2.11 bits per heavy atom. The van der Waals surface area contributed by atoms with Gasteiger partial charge in [0, 0.05) is 6.04 Å². The van der Waals surface area contributed by atoms with Crippen molar-refractivity contribution in [2.45, 2.75) is 24.9 Å². The summed E-state index contributed by atoms with van der Waals surface area (Å²) in [5, 5.41) is 11.0. The molecule has 0 aliphatic rings. The molecule has 4 rings (SSSR count). The summed E-state index contributed by atoms with van der Waals surface area (Å²) in [6, 6.07) is 9.69. The maximum absolute atomic E-state index is 13.1. The highest BCUT2D eigenvalue weighted by Gasteiger charge is 2.19. The van der Waals surface area contributed by atoms with E-state index in [2.05, 4.69) is 15.4 Å². The summed E-state index contributed by atoms with van der Waals surface area (Å²) in [6.45, 7) is 4.09. The number of hydrogen-bond donors (Lipinski definition) is 1. The molecule has 0 radical (unpaired) electrons. The highest BCUT2D eigenvalue weighted by Crippen LogP contribution is 2.29. The number of aromatic nitrogens is 4. The van der Waals surface area contributed by atoms with Crippen molar-refractivity contribution in [3.63, 3.8) is 0 Å². The predicted molar refractivity (Wildman–Crippen MR) is 115 cm³/mol. The topological polar surface area (TPSA) is 72.7 Å². The van der Waals surface area contributed by atoms with Crippen molar-refractivity contribution >= 4 is 45.7 Å². The van der Waals surface area contributed by atoms with Gasteiger partial charge in [-0.1, -0.05) is 6.07 Å². The number of nitrogens with one attached hydrogen (secondary N) is 1. The molecule has 8 heteroatoms. The van der Waals surface area contributed by atoms with Gasteiger partial charge < -0.3 is 5.32 Å². The van der Waals surface area contributed by atoms with Gasteiger partial charge in [-0.15, -0.1) is 23.1 Å². The lowest BCUT2D eigenvalue weighted by atomic mass is 10.1. The third kappa shape index (κ3) is 3.53. The van der Waals surface area contributed by atoms with E-state index in [9.17, 15) is 4.79 Å². The number of anilines is 1. The minimum Gasteiger partial charge on any atom is -0.321 e. The minimum absolute atomic E-state index is 0.141. The van der Waals surface area contributed by atoms with Crippen LogP contribution in [0.25, 0.3) is 21.6 Å². The summed E-state index contributed by atoms with van der Waals surface area (Å²) in [5.41, 5.74) is 2.68. The van der Waals surface area contributed by atoms with Crippen molar-refractivity contribution in [1.29, 1.82) is 0 Å². The first-order valence-corrected chi connectivity index (χ1v) is 10.9. The third-order valence-electron chi connectivity index (χ3n) is 4.28. The molecule has 6 nitrogen and oxygen atoms in total. The molecule has 0 aliphatic heterocycles. The third-order valence-corrected chi connectivity index (χ3v) is 5.83. The van der Waals surface area contributed by atoms with E-state index in [-0.39, 0.29) is 11.9 Å². The van der Waals surface area contributed by atoms with Crippen LogP contribution in [0.15, 0.2) is 53.1 Å². The highest BCUT2D eigenvalue weighted by atomic mass is 32.2. The summed E-state index contributed by atoms with van der Waals surface area (Å²) < 4.78 is 1.85. The molecule has 4 heterocycles. The van der Waals surface area contributed by atoms with E-state index in [0.717, 1.165) is 21.0 Å². The average molecular weight is 410 g/mol. The van der Waals surface area contributed by atoms with E-state index in [1.54, 1.807) is 35.5 Å². The molecule has 1 N–H and O–H groups in total. The maximum atomic E-state index is 13.1. The number of amides is 1. The zero-order chi connectivity index (χ0) is 19.7. The Balaban J connectivity index is 1.78. The van der Waals surface area contributed by atoms with Crippen LogP contribution < -0.4 is 5.32 Å². The first-order chi connectivity index (χ1) is 13.6. The van der Waals surface area contributed by atoms with Crippen LogP contribution in [-0.2, 0) is 0 Å². The van der Waals surface area contributed by atoms with Crippen LogP contribution in [-0.4, -0.2) is 31.9 Å². The molecule has 0 aliphatic carbocycles. The molecule has 0 fully saturated rings. The first kappa shape index (κ1) is 18.6. The average Bonchev–Trinajstić information content (AvgIpc) is 3.37. The molecule has 0 unspecified atom stereocenters. The summed E-state index contributed by atoms with van der Waals surface area (Å²) in [5.74, 6) is -0.202. The SMILES string of the molecule is CSc1ccc(NC(=O)c2cc(-c3cccs3)nc3c2cnn3C(C)C)cn1. The molecule has 0 spiro atoms. The van der Waals surface area contributed by atoms with Crippen LogP contribution in [0, 0.1) is 0 Å². The van der Waals surface area contributed by atoms with Crippen LogP contribution in [0.5, 0.6) is 0 Å². The fourth-order valence-electron chi connectivity index (χ4n) is 2.91. The van der Waals surface area contributed by atoms with Crippen LogP contribution in [0.3, 0.4) is 0 Å². The van der Waals surface area contributed by atoms with Crippen LogP contribution in [0.2, 0.25) is 0 Å². The predicted octanol–water partition coefficient (Wildman–Crippen LogP) is 5.11. The second kappa shape index (κ2) is 7.73. The van der Waals surface area contributed by atoms with Crippen molar-refractivity contribution in [1.82, 2.24) is 19.7 Å². The lowest BCUT2D eigenvalue weighted by Crippen LogP contribution is -2.13. The molecule has 0 saturated carbocycles. The Morgan fingerprint density at radius 1 is 1.25 bits per heavy atom. The van der Waals surface area contributed by atoms with Gasteiger partial charge in [-0.05, 0) is 49.7 Å². The quantitative estimate of drug-likeness (QED) is 0.464. The van der Waals surface area contributed by atoms with Gasteiger partial charge in [0.25, 0.3) is 5.91 Å². The van der Waals surface area contributed by atoms with E-state index >= 15 is 0 Å². The van der Waals surface area contributed by atoms with E-state index < -0.39 is 0 Å². The maximum Gasteiger partial charge on any atom is 0.256 e. The molecule has 4 aromatic heterocycles. The number of nitrogens with zero attached hydrogens (tertiary/aromatic N) is 4. The van der Waals surface area contributed by atoms with Gasteiger partial charge in [0.05, 0.1) is 44.6 Å². The van der Waals surface area contributed by atoms with Crippen molar-refractivity contribution in [3.05, 3.63) is 53.7 Å². The fourth-order valence-corrected chi connectivity index (χ4v) is 3.96. The number of hydrogen-bond acceptors (Lipinski definition) is 6. The Morgan fingerprint density at radius 3 is 2.75 bits per heavy atom. The molecule has 0 atom stereocenters. The normalized spacial score (nSPS) is 11.3. The van der Waals surface area contributed by atoms with Gasteiger partial charge in [-0.3, -0.25) is 4.79 Å². The number of carbonyl (C=O) groups excluding carboxylic acids is 1. The Labute approximate surface area is 171 Å². The molecule has 0 aromatic carbocycles. The zero-order valence-corrected chi connectivity index (χ0v) is 17.3. The minimum atomic E-state index is -0.202. The van der Waals surface area contributed by atoms with E-state index in [1.807, 2.05) is 60.5 Å². The molecular formula is C20H19N5OS2. The molecule has 142 valence electrons. The second-order valence-corrected chi connectivity index (χ2v) is 8.27. The lowest BCUT2D eigenvalue weighted by Gasteiger charge is -2.10. The van der Waals surface area contributed by atoms with Crippen molar-refractivity contribution in [2.75, 3.05) is 11.6 Å². The van der Waals surface area contributed by atoms with Crippen LogP contribution >= 0.6 is 23.1 Å². The van der Waals surface area contributed by atoms with Gasteiger partial charge in [0.1, 0.15) is 0 Å². The number of fused-ring (bicyclic) bond motifs is 1. The fraction of sp³-hybridized carbons (Fsp3) is 0.200. The molecule has 1 amide bonds. The van der Waals surface area contributed by atoms with Gasteiger partial charge in [-0.2, -0.15) is 5.10 Å². The van der Waals surface area contributed by atoms with E-state index in [4.69, 9.17) is 4.98 Å². The van der Waals surface area contributed by atoms with Gasteiger partial charge in [0.15, 0.2) is 5.65 Å². The summed E-state index contributed by atoms with van der Waals surface area (Å²) in [7, 11) is 0. The number of carbonyl (C=O) groups is 1. The first-order valence-electron chi connectivity index (χ1n) is 8.80. The van der Waals surface area contributed by atoms with Crippen molar-refractivity contribution < 1.29 is 4.79 Å². The molecule has 28 heavy (non-hydrogen) atoms. The highest BCUT2D eigenvalue weighted by molar-refractivity contribution is 7.98. The standard InChI is InChI=1S/C20H19N5OS2/c1-12(2)25-19-15(11-22-25)14(9-16(24-19)17-5-4-8-28-17)20(26)23-13-6-7-18(27-3)21-10-13/h4-12H,1-3H3,(H,23,26). The Bertz CT molecular complexity index is 1120. The van der Waals surface area contributed by atoms with Gasteiger partial charge in [0.2, 0.25) is 0 Å². The summed E-state index contributed by atoms with van der Waals surface area (Å²) in [6.07, 6.45) is 5.34. The molecule has 0 saturated heterocycles. The summed E-state index contributed by atoms with van der Waals surface area (Å²) >= 11 is 3.15. The largest absolute Gasteiger partial charge is 0.321 e. The number of pyridine rings is 2. The molecular weight excluding hydrogens is 390 g/mol. The van der Waals surface area contributed by atoms with Crippen LogP contribution in [0.4, 0.5) is 5.69 Å². The molecule has 0 bridgehead atoms. The second-order valence-electron chi connectivity index (χ2n) is 6.50. The lowest BCUT2D eigenvalue weighted by molar-refractivity contribution is 0.102. The van der Waals surface area contributed by atoms with Crippen molar-refractivity contribution in [3.8, 4) is 10.6 Å². The number of rotatable bonds is 5. The van der Waals surface area contributed by atoms with Gasteiger partial charge >= 0.3 is 0 Å². The smallest absolute Gasteiger partial charge is 0.256 e. The van der Waals surface area contributed by atoms with E-state index in [1.165, 1.54) is 0 Å². The number of thioether (sulfide) groups is 1. The summed E-state index contributed by atoms with van der Waals surface area (Å²) in [4.78, 5) is 23.2. The van der Waals surface area contributed by atoms with Gasteiger partial charge in [-0.25, -0.2) is 14.6 Å². The Hall–Kier alpha value is -2.71. The zero-order valence-electron chi connectivity index (χ0n) is 15.7.